The predicted molar refractivity (Wildman–Crippen MR) is 129 cm³/mol. The van der Waals surface area contributed by atoms with Gasteiger partial charge in [-0.2, -0.15) is 5.10 Å². The molecule has 0 atom stereocenters. The summed E-state index contributed by atoms with van der Waals surface area (Å²) in [6, 6.07) is 30.4. The van der Waals surface area contributed by atoms with Crippen LogP contribution in [-0.2, 0) is 11.4 Å². The number of carbonyl (C=O) groups excluding carboxylic acids is 2. The van der Waals surface area contributed by atoms with E-state index in [0.29, 0.717) is 17.9 Å². The van der Waals surface area contributed by atoms with Gasteiger partial charge in [-0.3, -0.25) is 9.59 Å². The Morgan fingerprint density at radius 3 is 2.42 bits per heavy atom. The van der Waals surface area contributed by atoms with Gasteiger partial charge in [-0.05, 0) is 34.5 Å². The number of benzene rings is 4. The molecule has 33 heavy (non-hydrogen) atoms. The molecule has 0 aliphatic heterocycles. The van der Waals surface area contributed by atoms with Crippen LogP contribution in [0.15, 0.2) is 102 Å². The zero-order valence-corrected chi connectivity index (χ0v) is 17.9. The monoisotopic (exact) mass is 437 g/mol. The number of hydrogen-bond acceptors (Lipinski definition) is 4. The van der Waals surface area contributed by atoms with Crippen LogP contribution in [0, 0.1) is 0 Å². The Balaban J connectivity index is 1.31. The zero-order chi connectivity index (χ0) is 22.9. The number of rotatable bonds is 8. The Bertz CT molecular complexity index is 1280. The molecule has 0 spiro atoms. The van der Waals surface area contributed by atoms with E-state index in [1.165, 1.54) is 6.21 Å². The van der Waals surface area contributed by atoms with Crippen molar-refractivity contribution < 1.29 is 14.3 Å². The lowest BCUT2D eigenvalue weighted by Crippen LogP contribution is -2.35. The van der Waals surface area contributed by atoms with Crippen molar-refractivity contribution >= 4 is 28.8 Å². The normalized spacial score (nSPS) is 10.8. The van der Waals surface area contributed by atoms with Crippen LogP contribution in [0.25, 0.3) is 10.8 Å². The van der Waals surface area contributed by atoms with E-state index in [1.807, 2.05) is 91.0 Å². The SMILES string of the molecule is O=C(CNC(=O)c1cccc2ccccc12)NN=Cc1ccccc1OCc1ccccc1. The minimum Gasteiger partial charge on any atom is -0.488 e. The van der Waals surface area contributed by atoms with E-state index >= 15 is 0 Å². The van der Waals surface area contributed by atoms with Gasteiger partial charge in [0.25, 0.3) is 11.8 Å². The van der Waals surface area contributed by atoms with Crippen molar-refractivity contribution in [3.05, 3.63) is 114 Å². The Labute approximate surface area is 191 Å². The number of hydrogen-bond donors (Lipinski definition) is 2. The van der Waals surface area contributed by atoms with Gasteiger partial charge in [0.1, 0.15) is 12.4 Å². The maximum absolute atomic E-state index is 12.5. The van der Waals surface area contributed by atoms with Crippen LogP contribution in [0.5, 0.6) is 5.75 Å². The first-order chi connectivity index (χ1) is 16.2. The molecule has 4 aromatic rings. The Morgan fingerprint density at radius 2 is 1.55 bits per heavy atom. The van der Waals surface area contributed by atoms with Gasteiger partial charge < -0.3 is 10.1 Å². The predicted octanol–water partition coefficient (Wildman–Crippen LogP) is 4.30. The number of nitrogens with zero attached hydrogens (tertiary/aromatic N) is 1. The van der Waals surface area contributed by atoms with Gasteiger partial charge in [-0.1, -0.05) is 78.9 Å². The van der Waals surface area contributed by atoms with Crippen LogP contribution in [0.2, 0.25) is 0 Å². The van der Waals surface area contributed by atoms with Gasteiger partial charge >= 0.3 is 0 Å². The summed E-state index contributed by atoms with van der Waals surface area (Å²) >= 11 is 0. The van der Waals surface area contributed by atoms with Gasteiger partial charge in [0, 0.05) is 11.1 Å². The molecule has 0 unspecified atom stereocenters. The Hall–Kier alpha value is -4.45. The maximum Gasteiger partial charge on any atom is 0.259 e. The number of hydrazone groups is 1. The first-order valence-electron chi connectivity index (χ1n) is 10.5. The van der Waals surface area contributed by atoms with Crippen LogP contribution in [0.1, 0.15) is 21.5 Å². The molecule has 164 valence electrons. The second-order valence-corrected chi connectivity index (χ2v) is 7.31. The van der Waals surface area contributed by atoms with Gasteiger partial charge in [-0.25, -0.2) is 5.43 Å². The molecule has 2 N–H and O–H groups in total. The van der Waals surface area contributed by atoms with Crippen LogP contribution in [0.3, 0.4) is 0 Å². The summed E-state index contributed by atoms with van der Waals surface area (Å²) in [5.74, 6) is -0.0864. The first kappa shape index (κ1) is 21.8. The smallest absolute Gasteiger partial charge is 0.259 e. The van der Waals surface area contributed by atoms with E-state index in [1.54, 1.807) is 6.07 Å². The molecule has 0 fully saturated rings. The second-order valence-electron chi connectivity index (χ2n) is 7.31. The second kappa shape index (κ2) is 10.7. The highest BCUT2D eigenvalue weighted by Gasteiger charge is 2.11. The summed E-state index contributed by atoms with van der Waals surface area (Å²) in [5, 5.41) is 8.44. The molecule has 2 amide bonds. The number of fused-ring (bicyclic) bond motifs is 1. The fourth-order valence-corrected chi connectivity index (χ4v) is 3.35. The molecular formula is C27H23N3O3. The van der Waals surface area contributed by atoms with Gasteiger partial charge in [0.05, 0.1) is 12.8 Å². The summed E-state index contributed by atoms with van der Waals surface area (Å²) in [6.45, 7) is 0.240. The van der Waals surface area contributed by atoms with E-state index in [4.69, 9.17) is 4.74 Å². The summed E-state index contributed by atoms with van der Waals surface area (Å²) in [6.07, 6.45) is 1.52. The highest BCUT2D eigenvalue weighted by molar-refractivity contribution is 6.07. The van der Waals surface area contributed by atoms with Crippen LogP contribution < -0.4 is 15.5 Å². The van der Waals surface area contributed by atoms with Gasteiger partial charge in [0.15, 0.2) is 0 Å². The third-order valence-corrected chi connectivity index (χ3v) is 4.99. The molecule has 6 heteroatoms. The number of ether oxygens (including phenoxy) is 1. The van der Waals surface area contributed by atoms with E-state index in [2.05, 4.69) is 15.8 Å². The molecule has 0 bridgehead atoms. The highest BCUT2D eigenvalue weighted by Crippen LogP contribution is 2.19. The van der Waals surface area contributed by atoms with E-state index in [-0.39, 0.29) is 12.5 Å². The third-order valence-electron chi connectivity index (χ3n) is 4.99. The van der Waals surface area contributed by atoms with E-state index < -0.39 is 5.91 Å². The van der Waals surface area contributed by atoms with Crippen molar-refractivity contribution in [3.63, 3.8) is 0 Å². The van der Waals surface area contributed by atoms with Crippen LogP contribution in [0.4, 0.5) is 0 Å². The number of carbonyl (C=O) groups is 2. The van der Waals surface area contributed by atoms with Crippen LogP contribution >= 0.6 is 0 Å². The molecule has 0 saturated carbocycles. The molecule has 0 heterocycles. The molecule has 6 nitrogen and oxygen atoms in total. The van der Waals surface area contributed by atoms with Gasteiger partial charge in [0.2, 0.25) is 0 Å². The average Bonchev–Trinajstić information content (AvgIpc) is 2.87. The molecule has 0 aliphatic rings. The van der Waals surface area contributed by atoms with Crippen molar-refractivity contribution in [2.75, 3.05) is 6.54 Å². The fourth-order valence-electron chi connectivity index (χ4n) is 3.35. The lowest BCUT2D eigenvalue weighted by Gasteiger charge is -2.09. The Kier molecular flexibility index (Phi) is 7.08. The lowest BCUT2D eigenvalue weighted by atomic mass is 10.0. The van der Waals surface area contributed by atoms with Crippen LogP contribution in [-0.4, -0.2) is 24.6 Å². The van der Waals surface area contributed by atoms with Crippen molar-refractivity contribution in [1.29, 1.82) is 0 Å². The zero-order valence-electron chi connectivity index (χ0n) is 17.9. The average molecular weight is 437 g/mol. The molecule has 4 aromatic carbocycles. The summed E-state index contributed by atoms with van der Waals surface area (Å²) in [5.41, 5.74) is 4.74. The van der Waals surface area contributed by atoms with Crippen molar-refractivity contribution in [3.8, 4) is 5.75 Å². The van der Waals surface area contributed by atoms with Gasteiger partial charge in [-0.15, -0.1) is 0 Å². The van der Waals surface area contributed by atoms with E-state index in [0.717, 1.165) is 21.9 Å². The topological polar surface area (TPSA) is 79.8 Å². The largest absolute Gasteiger partial charge is 0.488 e. The molecule has 4 rings (SSSR count). The number of nitrogens with one attached hydrogen (secondary N) is 2. The molecule has 0 radical (unpaired) electrons. The lowest BCUT2D eigenvalue weighted by molar-refractivity contribution is -0.120. The maximum atomic E-state index is 12.5. The molecule has 0 aliphatic carbocycles. The summed E-state index contributed by atoms with van der Waals surface area (Å²) in [4.78, 5) is 24.7. The first-order valence-corrected chi connectivity index (χ1v) is 10.5. The quantitative estimate of drug-likeness (QED) is 0.319. The minimum absolute atomic E-state index is 0.189. The molecular weight excluding hydrogens is 414 g/mol. The number of amides is 2. The molecule has 0 aromatic heterocycles. The van der Waals surface area contributed by atoms with Crippen molar-refractivity contribution in [2.45, 2.75) is 6.61 Å². The highest BCUT2D eigenvalue weighted by atomic mass is 16.5. The minimum atomic E-state index is -0.428. The summed E-state index contributed by atoms with van der Waals surface area (Å²) < 4.78 is 5.88. The van der Waals surface area contributed by atoms with Crippen molar-refractivity contribution in [1.82, 2.24) is 10.7 Å². The van der Waals surface area contributed by atoms with Crippen molar-refractivity contribution in [2.24, 2.45) is 5.10 Å². The number of para-hydroxylation sites is 1. The Morgan fingerprint density at radius 1 is 0.818 bits per heavy atom. The third kappa shape index (κ3) is 5.83. The standard InChI is InChI=1S/C27H23N3O3/c31-26(18-28-27(32)24-15-8-13-21-11-4-6-14-23(21)24)30-29-17-22-12-5-7-16-25(22)33-19-20-9-2-1-3-10-20/h1-17H,18-19H2,(H,28,32)(H,30,31). The molecule has 0 saturated heterocycles. The fraction of sp³-hybridized carbons (Fsp3) is 0.0741. The summed E-state index contributed by atoms with van der Waals surface area (Å²) in [7, 11) is 0. The van der Waals surface area contributed by atoms with E-state index in [9.17, 15) is 9.59 Å².